The summed E-state index contributed by atoms with van der Waals surface area (Å²) in [7, 11) is 0. The van der Waals surface area contributed by atoms with Crippen molar-refractivity contribution in [3.05, 3.63) is 59.7 Å². The summed E-state index contributed by atoms with van der Waals surface area (Å²) in [6.07, 6.45) is 0. The Morgan fingerprint density at radius 2 is 1.43 bits per heavy atom. The molecule has 0 aliphatic rings. The standard InChI is InChI=1S/C16H15NO4/c1-2-17(11-7-4-3-5-8-11)14-12(15(18)19)9-6-10-13(14)16(20)21/h3-10H,2H2,1H3,(H,18,19)(H,20,21). The van der Waals surface area contributed by atoms with Crippen LogP contribution in [0.3, 0.4) is 0 Å². The van der Waals surface area contributed by atoms with Crippen molar-refractivity contribution < 1.29 is 19.8 Å². The summed E-state index contributed by atoms with van der Waals surface area (Å²) in [6.45, 7) is 2.30. The van der Waals surface area contributed by atoms with Crippen LogP contribution in [0.5, 0.6) is 0 Å². The average Bonchev–Trinajstić information content (AvgIpc) is 2.48. The molecule has 0 saturated heterocycles. The summed E-state index contributed by atoms with van der Waals surface area (Å²) in [5, 5.41) is 18.7. The van der Waals surface area contributed by atoms with Gasteiger partial charge >= 0.3 is 11.9 Å². The highest BCUT2D eigenvalue weighted by molar-refractivity contribution is 6.04. The maximum atomic E-state index is 11.4. The van der Waals surface area contributed by atoms with Gasteiger partial charge in [-0.3, -0.25) is 0 Å². The Morgan fingerprint density at radius 3 is 1.86 bits per heavy atom. The van der Waals surface area contributed by atoms with Crippen LogP contribution in [0.1, 0.15) is 27.6 Å². The predicted molar refractivity (Wildman–Crippen MR) is 79.5 cm³/mol. The van der Waals surface area contributed by atoms with Gasteiger partial charge in [0.2, 0.25) is 0 Å². The Bertz CT molecular complexity index is 635. The highest BCUT2D eigenvalue weighted by atomic mass is 16.4. The second-order valence-electron chi connectivity index (χ2n) is 4.39. The van der Waals surface area contributed by atoms with E-state index in [2.05, 4.69) is 0 Å². The van der Waals surface area contributed by atoms with Crippen LogP contribution < -0.4 is 4.90 Å². The molecule has 5 heteroatoms. The van der Waals surface area contributed by atoms with Gasteiger partial charge in [0.15, 0.2) is 0 Å². The van der Waals surface area contributed by atoms with Crippen LogP contribution >= 0.6 is 0 Å². The van der Waals surface area contributed by atoms with Crippen molar-refractivity contribution in [2.45, 2.75) is 6.92 Å². The molecular formula is C16H15NO4. The van der Waals surface area contributed by atoms with Gasteiger partial charge in [-0.1, -0.05) is 24.3 Å². The number of para-hydroxylation sites is 2. The number of nitrogens with zero attached hydrogens (tertiary/aromatic N) is 1. The lowest BCUT2D eigenvalue weighted by Gasteiger charge is -2.26. The first kappa shape index (κ1) is 14.6. The van der Waals surface area contributed by atoms with E-state index in [4.69, 9.17) is 0 Å². The minimum Gasteiger partial charge on any atom is -0.478 e. The van der Waals surface area contributed by atoms with E-state index in [1.54, 1.807) is 4.90 Å². The van der Waals surface area contributed by atoms with Crippen molar-refractivity contribution in [2.24, 2.45) is 0 Å². The molecule has 0 aliphatic heterocycles. The van der Waals surface area contributed by atoms with Crippen molar-refractivity contribution in [1.82, 2.24) is 0 Å². The van der Waals surface area contributed by atoms with Crippen molar-refractivity contribution in [1.29, 1.82) is 0 Å². The van der Waals surface area contributed by atoms with Crippen molar-refractivity contribution >= 4 is 23.3 Å². The van der Waals surface area contributed by atoms with E-state index in [9.17, 15) is 19.8 Å². The third kappa shape index (κ3) is 2.86. The minimum atomic E-state index is -1.15. The van der Waals surface area contributed by atoms with Crippen molar-refractivity contribution in [3.63, 3.8) is 0 Å². The zero-order chi connectivity index (χ0) is 15.4. The van der Waals surface area contributed by atoms with Gasteiger partial charge in [0.05, 0.1) is 16.8 Å². The number of hydrogen-bond acceptors (Lipinski definition) is 3. The van der Waals surface area contributed by atoms with Gasteiger partial charge in [0, 0.05) is 12.2 Å². The third-order valence-electron chi connectivity index (χ3n) is 3.15. The second kappa shape index (κ2) is 6.09. The zero-order valence-electron chi connectivity index (χ0n) is 11.5. The topological polar surface area (TPSA) is 77.8 Å². The summed E-state index contributed by atoms with van der Waals surface area (Å²) in [4.78, 5) is 24.5. The molecule has 2 aromatic rings. The van der Waals surface area contributed by atoms with Gasteiger partial charge in [-0.25, -0.2) is 9.59 Å². The van der Waals surface area contributed by atoms with E-state index in [1.807, 2.05) is 37.3 Å². The van der Waals surface area contributed by atoms with Gasteiger partial charge in [-0.15, -0.1) is 0 Å². The molecule has 0 radical (unpaired) electrons. The fourth-order valence-corrected chi connectivity index (χ4v) is 2.26. The van der Waals surface area contributed by atoms with E-state index in [-0.39, 0.29) is 16.8 Å². The molecule has 0 bridgehead atoms. The molecule has 5 nitrogen and oxygen atoms in total. The average molecular weight is 285 g/mol. The molecule has 0 saturated carbocycles. The molecule has 0 amide bonds. The molecular weight excluding hydrogens is 270 g/mol. The normalized spacial score (nSPS) is 10.1. The Morgan fingerprint density at radius 1 is 0.905 bits per heavy atom. The molecule has 2 N–H and O–H groups in total. The highest BCUT2D eigenvalue weighted by Gasteiger charge is 2.23. The molecule has 0 spiro atoms. The Labute approximate surface area is 122 Å². The smallest absolute Gasteiger partial charge is 0.337 e. The number of aromatic carboxylic acids is 2. The lowest BCUT2D eigenvalue weighted by molar-refractivity contribution is 0.0696. The lowest BCUT2D eigenvalue weighted by Crippen LogP contribution is -2.22. The summed E-state index contributed by atoms with van der Waals surface area (Å²) in [5.41, 5.74) is 0.892. The fourth-order valence-electron chi connectivity index (χ4n) is 2.26. The van der Waals surface area contributed by atoms with Crippen LogP contribution in [0.25, 0.3) is 0 Å². The van der Waals surface area contributed by atoms with Crippen molar-refractivity contribution in [2.75, 3.05) is 11.4 Å². The molecule has 21 heavy (non-hydrogen) atoms. The number of anilines is 2. The maximum Gasteiger partial charge on any atom is 0.337 e. The van der Waals surface area contributed by atoms with E-state index in [0.29, 0.717) is 6.54 Å². The first-order chi connectivity index (χ1) is 10.1. The minimum absolute atomic E-state index is 0.0272. The predicted octanol–water partition coefficient (Wildman–Crippen LogP) is 3.24. The maximum absolute atomic E-state index is 11.4. The Kier molecular flexibility index (Phi) is 4.23. The van der Waals surface area contributed by atoms with Crippen molar-refractivity contribution in [3.8, 4) is 0 Å². The molecule has 2 aromatic carbocycles. The lowest BCUT2D eigenvalue weighted by atomic mass is 10.0. The first-order valence-corrected chi connectivity index (χ1v) is 6.48. The summed E-state index contributed by atoms with van der Waals surface area (Å²) in [6, 6.07) is 13.4. The van der Waals surface area contributed by atoms with E-state index in [1.165, 1.54) is 18.2 Å². The molecule has 0 heterocycles. The Hall–Kier alpha value is -2.82. The van der Waals surface area contributed by atoms with Crippen LogP contribution in [0.15, 0.2) is 48.5 Å². The highest BCUT2D eigenvalue weighted by Crippen LogP contribution is 2.32. The van der Waals surface area contributed by atoms with Crippen LogP contribution in [-0.2, 0) is 0 Å². The molecule has 0 aromatic heterocycles. The van der Waals surface area contributed by atoms with Gasteiger partial charge in [-0.05, 0) is 31.2 Å². The summed E-state index contributed by atoms with van der Waals surface area (Å²) < 4.78 is 0. The second-order valence-corrected chi connectivity index (χ2v) is 4.39. The van der Waals surface area contributed by atoms with Gasteiger partial charge < -0.3 is 15.1 Å². The third-order valence-corrected chi connectivity index (χ3v) is 3.15. The number of carbonyl (C=O) groups is 2. The number of rotatable bonds is 5. The van der Waals surface area contributed by atoms with Gasteiger partial charge in [-0.2, -0.15) is 0 Å². The van der Waals surface area contributed by atoms with E-state index < -0.39 is 11.9 Å². The molecule has 108 valence electrons. The molecule has 2 rings (SSSR count). The molecule has 0 fully saturated rings. The van der Waals surface area contributed by atoms with E-state index in [0.717, 1.165) is 5.69 Å². The Balaban J connectivity index is 2.69. The number of benzene rings is 2. The van der Waals surface area contributed by atoms with Crippen LogP contribution in [0.2, 0.25) is 0 Å². The zero-order valence-corrected chi connectivity index (χ0v) is 11.5. The summed E-state index contributed by atoms with van der Waals surface area (Å²) >= 11 is 0. The van der Waals surface area contributed by atoms with Gasteiger partial charge in [0.25, 0.3) is 0 Å². The number of carboxylic acid groups (broad SMARTS) is 2. The van der Waals surface area contributed by atoms with Crippen LogP contribution in [-0.4, -0.2) is 28.7 Å². The van der Waals surface area contributed by atoms with Crippen LogP contribution in [0.4, 0.5) is 11.4 Å². The molecule has 0 aliphatic carbocycles. The largest absolute Gasteiger partial charge is 0.478 e. The fraction of sp³-hybridized carbons (Fsp3) is 0.125. The summed E-state index contributed by atoms with van der Waals surface area (Å²) in [5.74, 6) is -2.30. The van der Waals surface area contributed by atoms with Gasteiger partial charge in [0.1, 0.15) is 0 Å². The monoisotopic (exact) mass is 285 g/mol. The molecule has 0 atom stereocenters. The van der Waals surface area contributed by atoms with E-state index >= 15 is 0 Å². The molecule has 0 unspecified atom stereocenters. The number of carboxylic acids is 2. The first-order valence-electron chi connectivity index (χ1n) is 6.48. The number of hydrogen-bond donors (Lipinski definition) is 2. The SMILES string of the molecule is CCN(c1ccccc1)c1c(C(=O)O)cccc1C(=O)O. The van der Waals surface area contributed by atoms with Crippen LogP contribution in [0, 0.1) is 0 Å². The quantitative estimate of drug-likeness (QED) is 0.881.